The fraction of sp³-hybridized carbons (Fsp3) is 0.300. The number of benzene rings is 1. The summed E-state index contributed by atoms with van der Waals surface area (Å²) in [4.78, 5) is 29.7. The minimum atomic E-state index is -1.28. The highest BCUT2D eigenvalue weighted by atomic mass is 32.1. The lowest BCUT2D eigenvalue weighted by Crippen LogP contribution is -2.21. The molecule has 0 bridgehead atoms. The van der Waals surface area contributed by atoms with E-state index in [4.69, 9.17) is 12.2 Å². The summed E-state index contributed by atoms with van der Waals surface area (Å²) in [5.41, 5.74) is 1.26. The van der Waals surface area contributed by atoms with E-state index in [1.54, 1.807) is 0 Å². The van der Waals surface area contributed by atoms with Gasteiger partial charge in [-0.05, 0) is 62.0 Å². The van der Waals surface area contributed by atoms with Crippen molar-refractivity contribution >= 4 is 30.1 Å². The second-order valence-electron chi connectivity index (χ2n) is 6.60. The third kappa shape index (κ3) is 4.64. The molecule has 0 unspecified atom stereocenters. The lowest BCUT2D eigenvalue weighted by Gasteiger charge is -2.15. The average Bonchev–Trinajstić information content (AvgIpc) is 2.68. The number of aromatic amines is 1. The number of allylic oxidation sites excluding steroid dienone is 2. The third-order valence-electron chi connectivity index (χ3n) is 4.69. The van der Waals surface area contributed by atoms with Crippen molar-refractivity contribution in [2.45, 2.75) is 38.6 Å². The number of carboxylic acid groups (broad SMARTS) is 1. The maximum atomic E-state index is 12.2. The molecule has 0 saturated heterocycles. The summed E-state index contributed by atoms with van der Waals surface area (Å²) in [6.45, 7) is 0.467. The number of nitrogens with zero attached hydrogens (tertiary/aromatic N) is 2. The summed E-state index contributed by atoms with van der Waals surface area (Å²) in [5.74, 6) is -1.51. The van der Waals surface area contributed by atoms with E-state index >= 15 is 0 Å². The SMILES string of the molecule is O=C([O-])c1ccc(N=Cc2c(O)n(CCC3=CCCCC3)c(=S)[nH]c2=O)cc1. The van der Waals surface area contributed by atoms with Gasteiger partial charge in [0.2, 0.25) is 5.88 Å². The third-order valence-corrected chi connectivity index (χ3v) is 5.02. The Morgan fingerprint density at radius 1 is 1.32 bits per heavy atom. The van der Waals surface area contributed by atoms with Gasteiger partial charge in [-0.25, -0.2) is 0 Å². The van der Waals surface area contributed by atoms with Crippen LogP contribution < -0.4 is 10.7 Å². The van der Waals surface area contributed by atoms with Gasteiger partial charge in [-0.3, -0.25) is 19.3 Å². The van der Waals surface area contributed by atoms with Crippen molar-refractivity contribution < 1.29 is 15.0 Å². The summed E-state index contributed by atoms with van der Waals surface area (Å²) < 4.78 is 1.65. The topological polar surface area (TPSA) is 111 Å². The second-order valence-corrected chi connectivity index (χ2v) is 6.99. The molecule has 2 N–H and O–H groups in total. The zero-order valence-electron chi connectivity index (χ0n) is 15.2. The van der Waals surface area contributed by atoms with Gasteiger partial charge in [-0.2, -0.15) is 0 Å². The summed E-state index contributed by atoms with van der Waals surface area (Å²) >= 11 is 5.19. The van der Waals surface area contributed by atoms with Crippen molar-refractivity contribution in [3.05, 3.63) is 62.2 Å². The lowest BCUT2D eigenvalue weighted by atomic mass is 9.97. The number of aromatic carboxylic acids is 1. The highest BCUT2D eigenvalue weighted by Crippen LogP contribution is 2.22. The van der Waals surface area contributed by atoms with Crippen molar-refractivity contribution in [1.82, 2.24) is 9.55 Å². The van der Waals surface area contributed by atoms with E-state index in [0.29, 0.717) is 12.2 Å². The summed E-state index contributed by atoms with van der Waals surface area (Å²) in [6, 6.07) is 5.68. The molecule has 1 aromatic heterocycles. The summed E-state index contributed by atoms with van der Waals surface area (Å²) in [5, 5.41) is 21.3. The van der Waals surface area contributed by atoms with Crippen LogP contribution in [0.3, 0.4) is 0 Å². The zero-order valence-corrected chi connectivity index (χ0v) is 16.0. The number of aliphatic imine (C=N–C) groups is 1. The van der Waals surface area contributed by atoms with Crippen molar-refractivity contribution in [3.63, 3.8) is 0 Å². The van der Waals surface area contributed by atoms with Crippen LogP contribution in [0.2, 0.25) is 0 Å². The summed E-state index contributed by atoms with van der Waals surface area (Å²) in [7, 11) is 0. The Balaban J connectivity index is 1.84. The minimum absolute atomic E-state index is 0.00444. The van der Waals surface area contributed by atoms with Crippen molar-refractivity contribution in [3.8, 4) is 5.88 Å². The molecule has 1 heterocycles. The van der Waals surface area contributed by atoms with Crippen LogP contribution in [-0.4, -0.2) is 26.8 Å². The maximum absolute atomic E-state index is 12.2. The number of nitrogens with one attached hydrogen (secondary N) is 1. The first-order valence-electron chi connectivity index (χ1n) is 9.05. The second kappa shape index (κ2) is 8.79. The normalized spacial score (nSPS) is 14.2. The number of rotatable bonds is 6. The molecule has 0 radical (unpaired) electrons. The van der Waals surface area contributed by atoms with Crippen molar-refractivity contribution in [2.75, 3.05) is 0 Å². The Morgan fingerprint density at radius 2 is 2.07 bits per heavy atom. The monoisotopic (exact) mass is 398 g/mol. The predicted octanol–water partition coefficient (Wildman–Crippen LogP) is 2.62. The van der Waals surface area contributed by atoms with E-state index < -0.39 is 11.5 Å². The number of hydrogen-bond acceptors (Lipinski definition) is 6. The van der Waals surface area contributed by atoms with E-state index in [9.17, 15) is 19.8 Å². The Labute approximate surface area is 166 Å². The molecule has 0 aliphatic heterocycles. The van der Waals surface area contributed by atoms with Crippen LogP contribution in [0, 0.1) is 4.77 Å². The molecule has 28 heavy (non-hydrogen) atoms. The summed E-state index contributed by atoms with van der Waals surface area (Å²) in [6.07, 6.45) is 8.73. The van der Waals surface area contributed by atoms with Gasteiger partial charge in [0.05, 0.1) is 11.7 Å². The Bertz CT molecular complexity index is 1050. The Kier molecular flexibility index (Phi) is 6.20. The first-order valence-corrected chi connectivity index (χ1v) is 9.46. The molecule has 2 aromatic rings. The first-order chi connectivity index (χ1) is 13.5. The first kappa shape index (κ1) is 19.8. The van der Waals surface area contributed by atoms with E-state index in [1.165, 1.54) is 53.5 Å². The van der Waals surface area contributed by atoms with Crippen LogP contribution in [0.15, 0.2) is 45.7 Å². The van der Waals surface area contributed by atoms with Gasteiger partial charge >= 0.3 is 0 Å². The van der Waals surface area contributed by atoms with Crippen LogP contribution in [0.5, 0.6) is 5.88 Å². The molecule has 0 spiro atoms. The highest BCUT2D eigenvalue weighted by Gasteiger charge is 2.12. The highest BCUT2D eigenvalue weighted by molar-refractivity contribution is 7.71. The predicted molar refractivity (Wildman–Crippen MR) is 107 cm³/mol. The molecule has 1 aromatic carbocycles. The van der Waals surface area contributed by atoms with E-state index in [0.717, 1.165) is 19.3 Å². The molecule has 3 rings (SSSR count). The molecule has 1 aliphatic rings. The quantitative estimate of drug-likeness (QED) is 0.441. The number of hydrogen-bond donors (Lipinski definition) is 2. The van der Waals surface area contributed by atoms with Gasteiger partial charge in [0.1, 0.15) is 5.56 Å². The van der Waals surface area contributed by atoms with Gasteiger partial charge in [-0.1, -0.05) is 23.8 Å². The van der Waals surface area contributed by atoms with Gasteiger partial charge in [0.15, 0.2) is 4.77 Å². The van der Waals surface area contributed by atoms with Gasteiger partial charge in [0, 0.05) is 12.8 Å². The largest absolute Gasteiger partial charge is 0.545 e. The molecule has 0 amide bonds. The number of H-pyrrole nitrogens is 1. The molecule has 1 aliphatic carbocycles. The zero-order chi connectivity index (χ0) is 20.1. The molecule has 0 fully saturated rings. The standard InChI is InChI=1S/C20H21N3O4S/c24-17-16(12-21-15-8-6-14(7-9-15)19(26)27)18(25)23(20(28)22-17)11-10-13-4-2-1-3-5-13/h4,6-9,12,25H,1-3,5,10-11H2,(H,26,27)(H,22,24,28)/p-1. The fourth-order valence-corrected chi connectivity index (χ4v) is 3.38. The van der Waals surface area contributed by atoms with Crippen LogP contribution in [0.4, 0.5) is 5.69 Å². The molecule has 7 nitrogen and oxygen atoms in total. The van der Waals surface area contributed by atoms with Crippen molar-refractivity contribution in [2.24, 2.45) is 4.99 Å². The van der Waals surface area contributed by atoms with Gasteiger partial charge < -0.3 is 15.0 Å². The molecular formula is C20H20N3O4S-. The number of carbonyl (C=O) groups excluding carboxylic acids is 1. The minimum Gasteiger partial charge on any atom is -0.545 e. The number of carboxylic acids is 1. The van der Waals surface area contributed by atoms with Crippen LogP contribution in [-0.2, 0) is 6.54 Å². The van der Waals surface area contributed by atoms with Gasteiger partial charge in [0.25, 0.3) is 5.56 Å². The number of aromatic hydroxyl groups is 1. The fourth-order valence-electron chi connectivity index (χ4n) is 3.11. The Morgan fingerprint density at radius 3 is 2.71 bits per heavy atom. The number of aromatic nitrogens is 2. The average molecular weight is 398 g/mol. The van der Waals surface area contributed by atoms with E-state index in [1.807, 2.05) is 0 Å². The molecule has 0 atom stereocenters. The van der Waals surface area contributed by atoms with Crippen LogP contribution >= 0.6 is 12.2 Å². The molecular weight excluding hydrogens is 378 g/mol. The van der Waals surface area contributed by atoms with E-state index in [2.05, 4.69) is 16.1 Å². The van der Waals surface area contributed by atoms with Gasteiger partial charge in [-0.15, -0.1) is 0 Å². The van der Waals surface area contributed by atoms with Crippen LogP contribution in [0.1, 0.15) is 48.0 Å². The van der Waals surface area contributed by atoms with E-state index in [-0.39, 0.29) is 21.8 Å². The molecule has 146 valence electrons. The van der Waals surface area contributed by atoms with Crippen molar-refractivity contribution in [1.29, 1.82) is 0 Å². The number of carbonyl (C=O) groups is 1. The Hall–Kier alpha value is -3.00. The molecule has 0 saturated carbocycles. The smallest absolute Gasteiger partial charge is 0.264 e. The molecule has 8 heteroatoms. The lowest BCUT2D eigenvalue weighted by molar-refractivity contribution is -0.255. The maximum Gasteiger partial charge on any atom is 0.264 e. The van der Waals surface area contributed by atoms with Crippen LogP contribution in [0.25, 0.3) is 0 Å².